The SMILES string of the molecule is Cn1ccc(=O)c(OCc2ccccc2)c1C(=O)N1CC2(CNC(=O)N2)C1. The summed E-state index contributed by atoms with van der Waals surface area (Å²) in [4.78, 5) is 38.4. The van der Waals surface area contributed by atoms with Crippen molar-refractivity contribution in [3.05, 3.63) is 64.1 Å². The fourth-order valence-electron chi connectivity index (χ4n) is 3.47. The van der Waals surface area contributed by atoms with Gasteiger partial charge in [-0.2, -0.15) is 0 Å². The second-order valence-electron chi connectivity index (χ2n) is 6.99. The first-order valence-corrected chi connectivity index (χ1v) is 8.69. The fourth-order valence-corrected chi connectivity index (χ4v) is 3.47. The molecule has 2 aromatic rings. The van der Waals surface area contributed by atoms with Gasteiger partial charge in [0, 0.05) is 38.9 Å². The lowest BCUT2D eigenvalue weighted by Crippen LogP contribution is -2.70. The van der Waals surface area contributed by atoms with Gasteiger partial charge in [0.25, 0.3) is 5.91 Å². The molecule has 4 rings (SSSR count). The Morgan fingerprint density at radius 2 is 1.93 bits per heavy atom. The minimum Gasteiger partial charge on any atom is -0.483 e. The number of pyridine rings is 1. The van der Waals surface area contributed by atoms with E-state index in [1.54, 1.807) is 22.7 Å². The van der Waals surface area contributed by atoms with Crippen LogP contribution in [0.3, 0.4) is 0 Å². The molecule has 0 saturated carbocycles. The molecule has 0 radical (unpaired) electrons. The third kappa shape index (κ3) is 3.14. The van der Waals surface area contributed by atoms with Crippen LogP contribution >= 0.6 is 0 Å². The third-order valence-corrected chi connectivity index (χ3v) is 4.91. The van der Waals surface area contributed by atoms with Crippen LogP contribution < -0.4 is 20.8 Å². The Labute approximate surface area is 155 Å². The Morgan fingerprint density at radius 1 is 1.19 bits per heavy atom. The van der Waals surface area contributed by atoms with E-state index in [1.807, 2.05) is 30.3 Å². The number of nitrogens with one attached hydrogen (secondary N) is 2. The van der Waals surface area contributed by atoms with E-state index in [9.17, 15) is 14.4 Å². The molecule has 2 fully saturated rings. The van der Waals surface area contributed by atoms with E-state index in [0.29, 0.717) is 19.6 Å². The molecule has 1 aromatic heterocycles. The van der Waals surface area contributed by atoms with Gasteiger partial charge in [-0.1, -0.05) is 30.3 Å². The fraction of sp³-hybridized carbons (Fsp3) is 0.316. The lowest BCUT2D eigenvalue weighted by molar-refractivity contribution is 0.0381. The summed E-state index contributed by atoms with van der Waals surface area (Å²) in [5, 5.41) is 5.56. The van der Waals surface area contributed by atoms with Gasteiger partial charge in [-0.15, -0.1) is 0 Å². The van der Waals surface area contributed by atoms with Crippen LogP contribution in [-0.4, -0.2) is 46.6 Å². The zero-order valence-electron chi connectivity index (χ0n) is 14.9. The maximum Gasteiger partial charge on any atom is 0.315 e. The highest BCUT2D eigenvalue weighted by atomic mass is 16.5. The number of benzene rings is 1. The molecule has 0 unspecified atom stereocenters. The third-order valence-electron chi connectivity index (χ3n) is 4.91. The molecule has 0 bridgehead atoms. The minimum absolute atomic E-state index is 0.0448. The second-order valence-corrected chi connectivity index (χ2v) is 6.99. The molecule has 0 atom stereocenters. The van der Waals surface area contributed by atoms with E-state index < -0.39 is 5.54 Å². The van der Waals surface area contributed by atoms with Crippen LogP contribution in [0.4, 0.5) is 4.79 Å². The molecule has 2 aliphatic heterocycles. The Hall–Kier alpha value is -3.29. The van der Waals surface area contributed by atoms with Crippen molar-refractivity contribution < 1.29 is 14.3 Å². The van der Waals surface area contributed by atoms with E-state index in [-0.39, 0.29) is 35.4 Å². The van der Waals surface area contributed by atoms with Gasteiger partial charge in [0.05, 0.1) is 5.54 Å². The van der Waals surface area contributed by atoms with Crippen LogP contribution in [0.25, 0.3) is 0 Å². The summed E-state index contributed by atoms with van der Waals surface area (Å²) < 4.78 is 7.34. The average Bonchev–Trinajstić information content (AvgIpc) is 3.03. The predicted molar refractivity (Wildman–Crippen MR) is 97.6 cm³/mol. The topological polar surface area (TPSA) is 92.7 Å². The quantitative estimate of drug-likeness (QED) is 0.821. The number of hydrogen-bond donors (Lipinski definition) is 2. The Balaban J connectivity index is 1.55. The first kappa shape index (κ1) is 17.1. The Kier molecular flexibility index (Phi) is 4.10. The first-order valence-electron chi connectivity index (χ1n) is 8.69. The Morgan fingerprint density at radius 3 is 2.59 bits per heavy atom. The first-order chi connectivity index (χ1) is 13.0. The number of carbonyl (C=O) groups excluding carboxylic acids is 2. The van der Waals surface area contributed by atoms with Crippen LogP contribution in [0, 0.1) is 0 Å². The molecule has 8 heteroatoms. The monoisotopic (exact) mass is 368 g/mol. The summed E-state index contributed by atoms with van der Waals surface area (Å²) in [6.45, 7) is 1.47. The lowest BCUT2D eigenvalue weighted by atomic mass is 9.90. The van der Waals surface area contributed by atoms with E-state index in [1.165, 1.54) is 6.07 Å². The molecular weight excluding hydrogens is 348 g/mol. The minimum atomic E-state index is -0.411. The van der Waals surface area contributed by atoms with Crippen LogP contribution in [0.15, 0.2) is 47.4 Å². The zero-order valence-corrected chi connectivity index (χ0v) is 14.9. The number of urea groups is 1. The van der Waals surface area contributed by atoms with Crippen molar-refractivity contribution in [2.75, 3.05) is 19.6 Å². The summed E-state index contributed by atoms with van der Waals surface area (Å²) >= 11 is 0. The van der Waals surface area contributed by atoms with Crippen LogP contribution in [0.2, 0.25) is 0 Å². The summed E-state index contributed by atoms with van der Waals surface area (Å²) in [6.07, 6.45) is 1.55. The van der Waals surface area contributed by atoms with Gasteiger partial charge in [0.2, 0.25) is 5.43 Å². The maximum absolute atomic E-state index is 13.0. The summed E-state index contributed by atoms with van der Waals surface area (Å²) in [5.41, 5.74) is 0.374. The number of nitrogens with zero attached hydrogens (tertiary/aromatic N) is 2. The van der Waals surface area contributed by atoms with Gasteiger partial charge >= 0.3 is 6.03 Å². The van der Waals surface area contributed by atoms with Crippen molar-refractivity contribution in [3.8, 4) is 5.75 Å². The molecular formula is C19H20N4O4. The Bertz CT molecular complexity index is 948. The van der Waals surface area contributed by atoms with Gasteiger partial charge < -0.3 is 24.8 Å². The van der Waals surface area contributed by atoms with E-state index in [4.69, 9.17) is 4.74 Å². The maximum atomic E-state index is 13.0. The number of rotatable bonds is 4. The summed E-state index contributed by atoms with van der Waals surface area (Å²) in [7, 11) is 1.70. The lowest BCUT2D eigenvalue weighted by Gasteiger charge is -2.46. The molecule has 27 heavy (non-hydrogen) atoms. The van der Waals surface area contributed by atoms with Gasteiger partial charge in [-0.25, -0.2) is 4.79 Å². The molecule has 2 saturated heterocycles. The van der Waals surface area contributed by atoms with Crippen molar-refractivity contribution in [3.63, 3.8) is 0 Å². The van der Waals surface area contributed by atoms with Crippen molar-refractivity contribution in [2.24, 2.45) is 7.05 Å². The van der Waals surface area contributed by atoms with Gasteiger partial charge in [0.1, 0.15) is 6.61 Å². The molecule has 3 heterocycles. The molecule has 3 amide bonds. The highest BCUT2D eigenvalue weighted by molar-refractivity contribution is 5.96. The van der Waals surface area contributed by atoms with Gasteiger partial charge in [-0.05, 0) is 5.56 Å². The van der Waals surface area contributed by atoms with Crippen molar-refractivity contribution in [2.45, 2.75) is 12.1 Å². The standard InChI is InChI=1S/C19H20N4O4/c1-22-8-7-14(24)16(27-9-13-5-3-2-4-6-13)15(22)17(25)23-11-19(12-23)10-20-18(26)21-19/h2-8H,9-12H2,1H3,(H2,20,21,26). The summed E-state index contributed by atoms with van der Waals surface area (Å²) in [6, 6.07) is 10.6. The molecule has 2 aliphatic rings. The van der Waals surface area contributed by atoms with Gasteiger partial charge in [0.15, 0.2) is 11.4 Å². The molecule has 2 N–H and O–H groups in total. The number of amides is 3. The zero-order chi connectivity index (χ0) is 19.0. The number of hydrogen-bond acceptors (Lipinski definition) is 4. The molecule has 1 spiro atoms. The normalized spacial score (nSPS) is 17.2. The molecule has 1 aromatic carbocycles. The highest BCUT2D eigenvalue weighted by Gasteiger charge is 2.50. The molecule has 0 aliphatic carbocycles. The number of ether oxygens (including phenoxy) is 1. The number of carbonyl (C=O) groups is 2. The van der Waals surface area contributed by atoms with Gasteiger partial charge in [-0.3, -0.25) is 9.59 Å². The summed E-state index contributed by atoms with van der Waals surface area (Å²) in [5.74, 6) is -0.242. The van der Waals surface area contributed by atoms with Crippen molar-refractivity contribution >= 4 is 11.9 Å². The van der Waals surface area contributed by atoms with E-state index in [0.717, 1.165) is 5.56 Å². The predicted octanol–water partition coefficient (Wildman–Crippen LogP) is 0.472. The molecule has 140 valence electrons. The second kappa shape index (κ2) is 6.46. The van der Waals surface area contributed by atoms with Crippen LogP contribution in [0.1, 0.15) is 16.1 Å². The van der Waals surface area contributed by atoms with E-state index in [2.05, 4.69) is 10.6 Å². The molecule has 8 nitrogen and oxygen atoms in total. The smallest absolute Gasteiger partial charge is 0.315 e. The van der Waals surface area contributed by atoms with Crippen LogP contribution in [0.5, 0.6) is 5.75 Å². The largest absolute Gasteiger partial charge is 0.483 e. The van der Waals surface area contributed by atoms with Crippen molar-refractivity contribution in [1.82, 2.24) is 20.1 Å². The number of likely N-dealkylation sites (tertiary alicyclic amines) is 1. The highest BCUT2D eigenvalue weighted by Crippen LogP contribution is 2.27. The number of aryl methyl sites for hydroxylation is 1. The van der Waals surface area contributed by atoms with Crippen LogP contribution in [-0.2, 0) is 13.7 Å². The average molecular weight is 368 g/mol. The number of aromatic nitrogens is 1. The van der Waals surface area contributed by atoms with E-state index >= 15 is 0 Å². The van der Waals surface area contributed by atoms with Crippen molar-refractivity contribution in [1.29, 1.82) is 0 Å².